The number of nitrogens with zero attached hydrogens (tertiary/aromatic N) is 3. The van der Waals surface area contributed by atoms with Crippen molar-refractivity contribution in [2.75, 3.05) is 19.5 Å². The zero-order valence-corrected chi connectivity index (χ0v) is 13.1. The number of fused-ring (bicyclic) bond motifs is 1. The molecule has 0 amide bonds. The van der Waals surface area contributed by atoms with E-state index in [4.69, 9.17) is 10.5 Å². The fourth-order valence-corrected chi connectivity index (χ4v) is 2.29. The van der Waals surface area contributed by atoms with Crippen LogP contribution in [0.5, 0.6) is 0 Å². The molecule has 0 saturated heterocycles. The number of H-pyrrole nitrogens is 1. The Labute approximate surface area is 131 Å². The van der Waals surface area contributed by atoms with Crippen molar-refractivity contribution < 1.29 is 20.1 Å². The molecule has 0 aromatic carbocycles. The van der Waals surface area contributed by atoms with Gasteiger partial charge in [0.1, 0.15) is 6.10 Å². The monoisotopic (exact) mass is 327 g/mol. The summed E-state index contributed by atoms with van der Waals surface area (Å²) in [5, 5.41) is 30.3. The summed E-state index contributed by atoms with van der Waals surface area (Å²) in [7, 11) is 1.33. The molecule has 128 valence electrons. The summed E-state index contributed by atoms with van der Waals surface area (Å²) in [4.78, 5) is 22.1. The maximum absolute atomic E-state index is 11.8. The van der Waals surface area contributed by atoms with E-state index in [2.05, 4.69) is 15.0 Å². The fourth-order valence-electron chi connectivity index (χ4n) is 2.29. The number of aliphatic hydroxyl groups excluding tert-OH is 2. The lowest BCUT2D eigenvalue weighted by molar-refractivity contribution is -0.174. The number of ether oxygens (including phenoxy) is 1. The van der Waals surface area contributed by atoms with Crippen molar-refractivity contribution in [3.8, 4) is 0 Å². The Hall–Kier alpha value is -2.01. The van der Waals surface area contributed by atoms with Crippen molar-refractivity contribution in [2.45, 2.75) is 31.8 Å². The van der Waals surface area contributed by atoms with Crippen molar-refractivity contribution in [3.05, 3.63) is 16.7 Å². The third-order valence-electron chi connectivity index (χ3n) is 4.11. The van der Waals surface area contributed by atoms with E-state index in [1.165, 1.54) is 24.9 Å². The summed E-state index contributed by atoms with van der Waals surface area (Å²) in [6.07, 6.45) is -1.24. The zero-order chi connectivity index (χ0) is 17.4. The number of imidazole rings is 1. The summed E-state index contributed by atoms with van der Waals surface area (Å²) < 4.78 is 6.57. The molecule has 2 unspecified atom stereocenters. The number of methoxy groups -OCH3 is 1. The Kier molecular flexibility index (Phi) is 4.71. The van der Waals surface area contributed by atoms with Gasteiger partial charge in [0, 0.05) is 19.6 Å². The van der Waals surface area contributed by atoms with Crippen LogP contribution in [0.1, 0.15) is 20.1 Å². The average molecular weight is 327 g/mol. The standard InChI is InChI=1S/C13H21N5O5/c1-6(4-19)13(2,22)8(20)11(23-3)18-5-15-7-9(18)16-12(14)17-10(7)21/h5-6,8,11,19-20,22H,4H2,1-3H3,(H3,14,16,17,21)/t6-,8-,11?,13?/m1/s1. The van der Waals surface area contributed by atoms with E-state index in [0.717, 1.165) is 0 Å². The minimum absolute atomic E-state index is 0.0308. The van der Waals surface area contributed by atoms with E-state index >= 15 is 0 Å². The first-order chi connectivity index (χ1) is 10.7. The highest BCUT2D eigenvalue weighted by Crippen LogP contribution is 2.30. The molecule has 2 heterocycles. The lowest BCUT2D eigenvalue weighted by atomic mass is 9.85. The zero-order valence-electron chi connectivity index (χ0n) is 13.1. The normalized spacial score (nSPS) is 18.5. The first-order valence-corrected chi connectivity index (χ1v) is 7.00. The van der Waals surface area contributed by atoms with Crippen molar-refractivity contribution >= 4 is 17.1 Å². The van der Waals surface area contributed by atoms with Crippen LogP contribution in [0, 0.1) is 5.92 Å². The predicted octanol–water partition coefficient (Wildman–Crippen LogP) is -1.41. The smallest absolute Gasteiger partial charge is 0.280 e. The summed E-state index contributed by atoms with van der Waals surface area (Å²) >= 11 is 0. The maximum atomic E-state index is 11.8. The average Bonchev–Trinajstić information content (AvgIpc) is 2.91. The van der Waals surface area contributed by atoms with Crippen LogP contribution in [0.15, 0.2) is 11.1 Å². The molecule has 4 atom stereocenters. The molecule has 0 aliphatic carbocycles. The number of anilines is 1. The second kappa shape index (κ2) is 6.24. The Bertz CT molecular complexity index is 740. The quantitative estimate of drug-likeness (QED) is 0.432. The van der Waals surface area contributed by atoms with Gasteiger partial charge in [-0.3, -0.25) is 14.3 Å². The van der Waals surface area contributed by atoms with Crippen LogP contribution in [0.25, 0.3) is 11.2 Å². The molecule has 6 N–H and O–H groups in total. The van der Waals surface area contributed by atoms with Crippen molar-refractivity contribution in [2.24, 2.45) is 5.92 Å². The number of nitrogens with two attached hydrogens (primary N) is 1. The molecule has 10 nitrogen and oxygen atoms in total. The number of aromatic amines is 1. The van der Waals surface area contributed by atoms with Crippen molar-refractivity contribution in [1.82, 2.24) is 19.5 Å². The van der Waals surface area contributed by atoms with Gasteiger partial charge in [-0.2, -0.15) is 4.98 Å². The highest BCUT2D eigenvalue weighted by atomic mass is 16.5. The van der Waals surface area contributed by atoms with E-state index in [-0.39, 0.29) is 23.7 Å². The van der Waals surface area contributed by atoms with Gasteiger partial charge >= 0.3 is 0 Å². The highest BCUT2D eigenvalue weighted by molar-refractivity contribution is 5.70. The van der Waals surface area contributed by atoms with Crippen LogP contribution >= 0.6 is 0 Å². The molecule has 0 radical (unpaired) electrons. The lowest BCUT2D eigenvalue weighted by Gasteiger charge is -2.37. The summed E-state index contributed by atoms with van der Waals surface area (Å²) in [6, 6.07) is 0. The van der Waals surface area contributed by atoms with Gasteiger partial charge < -0.3 is 25.8 Å². The number of rotatable bonds is 6. The van der Waals surface area contributed by atoms with Gasteiger partial charge in [0.2, 0.25) is 5.95 Å². The van der Waals surface area contributed by atoms with E-state index in [0.29, 0.717) is 0 Å². The molecule has 0 bridgehead atoms. The minimum atomic E-state index is -1.65. The van der Waals surface area contributed by atoms with E-state index in [1.54, 1.807) is 6.92 Å². The second-order valence-corrected chi connectivity index (χ2v) is 5.66. The van der Waals surface area contributed by atoms with Crippen LogP contribution in [-0.4, -0.2) is 60.3 Å². The van der Waals surface area contributed by atoms with Gasteiger partial charge in [-0.1, -0.05) is 6.92 Å². The fraction of sp³-hybridized carbons (Fsp3) is 0.615. The molecular weight excluding hydrogens is 306 g/mol. The molecule has 0 spiro atoms. The highest BCUT2D eigenvalue weighted by Gasteiger charge is 2.42. The van der Waals surface area contributed by atoms with Gasteiger partial charge in [-0.15, -0.1) is 0 Å². The van der Waals surface area contributed by atoms with Gasteiger partial charge in [0.15, 0.2) is 17.4 Å². The van der Waals surface area contributed by atoms with Crippen LogP contribution in [0.2, 0.25) is 0 Å². The molecular formula is C13H21N5O5. The second-order valence-electron chi connectivity index (χ2n) is 5.66. The maximum Gasteiger partial charge on any atom is 0.280 e. The van der Waals surface area contributed by atoms with Gasteiger partial charge in [0.05, 0.1) is 11.9 Å². The molecule has 0 fully saturated rings. The number of nitrogen functional groups attached to an aromatic ring is 1. The number of aromatic nitrogens is 4. The number of hydrogen-bond donors (Lipinski definition) is 5. The SMILES string of the molecule is COC([C@@H](O)C(C)(O)[C@H](C)CO)n1cnc2c(=O)[nH]c(N)nc21. The van der Waals surface area contributed by atoms with E-state index in [9.17, 15) is 20.1 Å². The molecule has 0 aliphatic rings. The minimum Gasteiger partial charge on any atom is -0.396 e. The van der Waals surface area contributed by atoms with Crippen LogP contribution < -0.4 is 11.3 Å². The van der Waals surface area contributed by atoms with E-state index in [1.807, 2.05) is 0 Å². The first-order valence-electron chi connectivity index (χ1n) is 7.00. The van der Waals surface area contributed by atoms with Gasteiger partial charge in [-0.05, 0) is 6.92 Å². The summed E-state index contributed by atoms with van der Waals surface area (Å²) in [5.74, 6) is -0.726. The molecule has 2 rings (SSSR count). The third kappa shape index (κ3) is 2.93. The largest absolute Gasteiger partial charge is 0.396 e. The van der Waals surface area contributed by atoms with Gasteiger partial charge in [0.25, 0.3) is 5.56 Å². The Morgan fingerprint density at radius 3 is 2.78 bits per heavy atom. The van der Waals surface area contributed by atoms with Crippen molar-refractivity contribution in [3.63, 3.8) is 0 Å². The topological polar surface area (TPSA) is 160 Å². The molecule has 23 heavy (non-hydrogen) atoms. The van der Waals surface area contributed by atoms with Crippen molar-refractivity contribution in [1.29, 1.82) is 0 Å². The van der Waals surface area contributed by atoms with Crippen LogP contribution in [0.4, 0.5) is 5.95 Å². The number of aliphatic hydroxyl groups is 3. The molecule has 0 saturated carbocycles. The predicted molar refractivity (Wildman–Crippen MR) is 81.5 cm³/mol. The Morgan fingerprint density at radius 1 is 1.57 bits per heavy atom. The summed E-state index contributed by atoms with van der Waals surface area (Å²) in [6.45, 7) is 2.65. The Morgan fingerprint density at radius 2 is 2.22 bits per heavy atom. The molecule has 10 heteroatoms. The number of hydrogen-bond acceptors (Lipinski definition) is 8. The summed E-state index contributed by atoms with van der Waals surface area (Å²) in [5.41, 5.74) is 3.50. The first kappa shape index (κ1) is 17.3. The van der Waals surface area contributed by atoms with Crippen LogP contribution in [-0.2, 0) is 4.74 Å². The lowest BCUT2D eigenvalue weighted by Crippen LogP contribution is -2.50. The molecule has 0 aliphatic heterocycles. The Balaban J connectivity index is 2.52. The van der Waals surface area contributed by atoms with Crippen LogP contribution in [0.3, 0.4) is 0 Å². The molecule has 2 aromatic heterocycles. The van der Waals surface area contributed by atoms with E-state index < -0.39 is 29.4 Å². The van der Waals surface area contributed by atoms with Gasteiger partial charge in [-0.25, -0.2) is 4.98 Å². The third-order valence-corrected chi connectivity index (χ3v) is 4.11. The molecule has 2 aromatic rings. The number of nitrogens with one attached hydrogen (secondary N) is 1.